The highest BCUT2D eigenvalue weighted by Gasteiger charge is 2.34. The Kier molecular flexibility index (Phi) is 8.54. The lowest BCUT2D eigenvalue weighted by atomic mass is 9.86. The summed E-state index contributed by atoms with van der Waals surface area (Å²) in [5.74, 6) is -0.421. The van der Waals surface area contributed by atoms with Gasteiger partial charge in [-0.15, -0.1) is 0 Å². The number of pyridine rings is 2. The van der Waals surface area contributed by atoms with Gasteiger partial charge >= 0.3 is 5.97 Å². The summed E-state index contributed by atoms with van der Waals surface area (Å²) < 4.78 is 35.3. The number of aliphatic carboxylic acids is 1. The van der Waals surface area contributed by atoms with E-state index in [4.69, 9.17) is 19.2 Å². The molecule has 46 heavy (non-hydrogen) atoms. The summed E-state index contributed by atoms with van der Waals surface area (Å²) >= 11 is 0. The zero-order valence-electron chi connectivity index (χ0n) is 27.7. The fourth-order valence-electron chi connectivity index (χ4n) is 6.92. The molecule has 0 spiro atoms. The molecule has 10 heteroatoms. The molecule has 0 saturated carbocycles. The van der Waals surface area contributed by atoms with E-state index in [2.05, 4.69) is 16.0 Å². The summed E-state index contributed by atoms with van der Waals surface area (Å²) in [6.45, 7) is 11.4. The predicted octanol–water partition coefficient (Wildman–Crippen LogP) is 6.94. The molecule has 244 valence electrons. The highest BCUT2D eigenvalue weighted by atomic mass is 19.1. The number of hydrogen-bond acceptors (Lipinski definition) is 7. The minimum absolute atomic E-state index is 0.264. The number of halogens is 1. The normalized spacial score (nSPS) is 16.4. The van der Waals surface area contributed by atoms with Crippen molar-refractivity contribution >= 4 is 22.8 Å². The maximum Gasteiger partial charge on any atom is 0.337 e. The number of hydrogen-bond donors (Lipinski definition) is 1. The van der Waals surface area contributed by atoms with Crippen LogP contribution in [-0.2, 0) is 27.7 Å². The van der Waals surface area contributed by atoms with Crippen molar-refractivity contribution in [2.75, 3.05) is 31.7 Å². The Balaban J connectivity index is 1.59. The molecule has 9 nitrogen and oxygen atoms in total. The van der Waals surface area contributed by atoms with E-state index in [9.17, 15) is 9.90 Å². The maximum absolute atomic E-state index is 15.8. The zero-order valence-corrected chi connectivity index (χ0v) is 27.7. The molecule has 1 atom stereocenters. The summed E-state index contributed by atoms with van der Waals surface area (Å²) in [6.07, 6.45) is 4.09. The number of rotatable bonds is 7. The first kappa shape index (κ1) is 31.9. The van der Waals surface area contributed by atoms with E-state index in [1.807, 2.05) is 57.6 Å². The lowest BCUT2D eigenvalue weighted by Crippen LogP contribution is -2.37. The van der Waals surface area contributed by atoms with E-state index in [0.29, 0.717) is 41.1 Å². The molecule has 4 aromatic rings. The summed E-state index contributed by atoms with van der Waals surface area (Å²) in [5, 5.41) is 11.2. The summed E-state index contributed by atoms with van der Waals surface area (Å²) in [7, 11) is 3.71. The first-order valence-corrected chi connectivity index (χ1v) is 16.0. The second-order valence-corrected chi connectivity index (χ2v) is 13.4. The van der Waals surface area contributed by atoms with Crippen molar-refractivity contribution in [3.05, 3.63) is 58.7 Å². The van der Waals surface area contributed by atoms with E-state index in [0.717, 1.165) is 65.9 Å². The Morgan fingerprint density at radius 2 is 1.91 bits per heavy atom. The van der Waals surface area contributed by atoms with Gasteiger partial charge in [-0.3, -0.25) is 0 Å². The highest BCUT2D eigenvalue weighted by molar-refractivity contribution is 6.01. The van der Waals surface area contributed by atoms with Gasteiger partial charge in [0.05, 0.1) is 24.0 Å². The van der Waals surface area contributed by atoms with Crippen molar-refractivity contribution < 1.29 is 28.5 Å². The van der Waals surface area contributed by atoms with E-state index in [1.165, 1.54) is 6.07 Å². The summed E-state index contributed by atoms with van der Waals surface area (Å²) in [4.78, 5) is 24.8. The van der Waals surface area contributed by atoms with Gasteiger partial charge in [-0.2, -0.15) is 0 Å². The number of aryl methyl sites for hydroxylation is 2. The molecule has 1 aromatic carbocycles. The Bertz CT molecular complexity index is 1800. The molecule has 1 saturated heterocycles. The zero-order chi connectivity index (χ0) is 32.9. The molecule has 2 aliphatic heterocycles. The van der Waals surface area contributed by atoms with Gasteiger partial charge in [-0.1, -0.05) is 0 Å². The average Bonchev–Trinajstić information content (AvgIpc) is 3.36. The Labute approximate surface area is 269 Å². The first-order chi connectivity index (χ1) is 21.9. The monoisotopic (exact) mass is 630 g/mol. The molecular formula is C36H43FN4O5. The van der Waals surface area contributed by atoms with Crippen LogP contribution in [0.15, 0.2) is 30.5 Å². The maximum atomic E-state index is 15.8. The van der Waals surface area contributed by atoms with Gasteiger partial charge < -0.3 is 28.8 Å². The average molecular weight is 631 g/mol. The minimum atomic E-state index is -1.33. The van der Waals surface area contributed by atoms with E-state index >= 15 is 4.39 Å². The number of piperidine rings is 1. The van der Waals surface area contributed by atoms with Gasteiger partial charge in [0, 0.05) is 66.8 Å². The van der Waals surface area contributed by atoms with E-state index in [1.54, 1.807) is 14.0 Å². The van der Waals surface area contributed by atoms with Crippen LogP contribution < -0.4 is 9.64 Å². The van der Waals surface area contributed by atoms with Crippen LogP contribution in [0.1, 0.15) is 68.5 Å². The SMILES string of the molecule is COC1CCN(c2cc(-c3cc4c(-c5cc(F)c6c(c5C)CCCO6)c([C@H](OC(C)(C)C)C(=O)O)c(C)nc4n3C)ccn2)CC1. The molecule has 0 unspecified atom stereocenters. The number of benzene rings is 1. The third-order valence-corrected chi connectivity index (χ3v) is 9.21. The third kappa shape index (κ3) is 5.84. The fourth-order valence-corrected chi connectivity index (χ4v) is 6.92. The van der Waals surface area contributed by atoms with Gasteiger partial charge in [-0.25, -0.2) is 19.2 Å². The van der Waals surface area contributed by atoms with Crippen LogP contribution in [0.25, 0.3) is 33.4 Å². The van der Waals surface area contributed by atoms with Crippen molar-refractivity contribution in [3.8, 4) is 28.1 Å². The number of aromatic nitrogens is 3. The predicted molar refractivity (Wildman–Crippen MR) is 176 cm³/mol. The van der Waals surface area contributed by atoms with E-state index < -0.39 is 23.5 Å². The molecule has 0 aliphatic carbocycles. The standard InChI is InChI=1S/C36H43FN4O5/c1-20-24-9-8-16-45-32(24)27(37)18-25(20)31-26-19-28(22-10-13-38-29(17-22)41-14-11-23(44-7)12-15-41)40(6)34(26)39-21(2)30(31)33(35(42)43)46-36(3,4)5/h10,13,17-19,23,33H,8-9,11-12,14-16H2,1-7H3,(H,42,43)/t33-/m0/s1. The first-order valence-electron chi connectivity index (χ1n) is 16.0. The molecule has 5 heterocycles. The molecule has 0 bridgehead atoms. The van der Waals surface area contributed by atoms with Crippen LogP contribution in [0.2, 0.25) is 0 Å². The largest absolute Gasteiger partial charge is 0.490 e. The lowest BCUT2D eigenvalue weighted by Gasteiger charge is -2.32. The lowest BCUT2D eigenvalue weighted by molar-refractivity contribution is -0.160. The number of carboxylic acids is 1. The van der Waals surface area contributed by atoms with Crippen LogP contribution in [-0.4, -0.2) is 64.1 Å². The van der Waals surface area contributed by atoms with E-state index in [-0.39, 0.29) is 11.9 Å². The topological polar surface area (TPSA) is 98.9 Å². The molecular weight excluding hydrogens is 587 g/mol. The van der Waals surface area contributed by atoms with Crippen molar-refractivity contribution in [1.29, 1.82) is 0 Å². The van der Waals surface area contributed by atoms with Gasteiger partial charge in [0.2, 0.25) is 0 Å². The number of anilines is 1. The molecule has 0 radical (unpaired) electrons. The van der Waals surface area contributed by atoms with Gasteiger partial charge in [0.25, 0.3) is 0 Å². The third-order valence-electron chi connectivity index (χ3n) is 9.21. The second kappa shape index (κ2) is 12.3. The van der Waals surface area contributed by atoms with Crippen molar-refractivity contribution in [2.45, 2.75) is 78.1 Å². The number of carbonyl (C=O) groups is 1. The summed E-state index contributed by atoms with van der Waals surface area (Å²) in [6, 6.07) is 7.56. The molecule has 0 amide bonds. The molecule has 2 aliphatic rings. The van der Waals surface area contributed by atoms with Crippen LogP contribution in [0, 0.1) is 19.7 Å². The minimum Gasteiger partial charge on any atom is -0.490 e. The highest BCUT2D eigenvalue weighted by Crippen LogP contribution is 2.45. The number of carboxylic acid groups (broad SMARTS) is 1. The van der Waals surface area contributed by atoms with Crippen molar-refractivity contribution in [3.63, 3.8) is 0 Å². The van der Waals surface area contributed by atoms with Crippen LogP contribution >= 0.6 is 0 Å². The van der Waals surface area contributed by atoms with Crippen molar-refractivity contribution in [1.82, 2.24) is 14.5 Å². The smallest absolute Gasteiger partial charge is 0.337 e. The molecule has 1 N–H and O–H groups in total. The molecule has 1 fully saturated rings. The Morgan fingerprint density at radius 1 is 1.17 bits per heavy atom. The summed E-state index contributed by atoms with van der Waals surface area (Å²) in [5.41, 5.74) is 5.57. The molecule has 3 aromatic heterocycles. The second-order valence-electron chi connectivity index (χ2n) is 13.4. The molecule has 6 rings (SSSR count). The van der Waals surface area contributed by atoms with Gasteiger partial charge in [0.1, 0.15) is 11.5 Å². The quantitative estimate of drug-likeness (QED) is 0.235. The van der Waals surface area contributed by atoms with Crippen LogP contribution in [0.3, 0.4) is 0 Å². The Hall–Kier alpha value is -4.02. The number of nitrogens with zero attached hydrogens (tertiary/aromatic N) is 4. The number of ether oxygens (including phenoxy) is 3. The fraction of sp³-hybridized carbons (Fsp3) is 0.472. The number of fused-ring (bicyclic) bond motifs is 2. The number of methoxy groups -OCH3 is 1. The van der Waals surface area contributed by atoms with Crippen LogP contribution in [0.5, 0.6) is 5.75 Å². The Morgan fingerprint density at radius 3 is 2.59 bits per heavy atom. The van der Waals surface area contributed by atoms with Crippen molar-refractivity contribution in [2.24, 2.45) is 7.05 Å². The van der Waals surface area contributed by atoms with Gasteiger partial charge in [0.15, 0.2) is 17.7 Å². The van der Waals surface area contributed by atoms with Crippen LogP contribution in [0.4, 0.5) is 10.2 Å². The van der Waals surface area contributed by atoms with Gasteiger partial charge in [-0.05, 0) is 95.7 Å².